The molecule has 1 aromatic heterocycles. The van der Waals surface area contributed by atoms with Crippen LogP contribution in [0, 0.1) is 5.82 Å². The molecule has 10 heteroatoms. The van der Waals surface area contributed by atoms with Crippen molar-refractivity contribution in [3.63, 3.8) is 0 Å². The fraction of sp³-hybridized carbons (Fsp3) is 0.381. The highest BCUT2D eigenvalue weighted by Gasteiger charge is 2.30. The molecule has 4 rings (SSSR count). The molecule has 1 aromatic carbocycles. The number of amides is 1. The van der Waals surface area contributed by atoms with Crippen LogP contribution in [-0.2, 0) is 11.2 Å². The lowest BCUT2D eigenvalue weighted by Crippen LogP contribution is -2.47. The Morgan fingerprint density at radius 2 is 2.16 bits per heavy atom. The van der Waals surface area contributed by atoms with Crippen molar-refractivity contribution in [3.8, 4) is 5.75 Å². The van der Waals surface area contributed by atoms with Gasteiger partial charge in [0, 0.05) is 12.7 Å². The van der Waals surface area contributed by atoms with E-state index in [4.69, 9.17) is 10.5 Å². The summed E-state index contributed by atoms with van der Waals surface area (Å²) in [7, 11) is 0. The first-order valence-corrected chi connectivity index (χ1v) is 11.3. The molecule has 0 spiro atoms. The Morgan fingerprint density at radius 1 is 1.35 bits per heavy atom. The van der Waals surface area contributed by atoms with Crippen LogP contribution in [0.2, 0.25) is 0 Å². The summed E-state index contributed by atoms with van der Waals surface area (Å²) in [5.41, 5.74) is 7.06. The van der Waals surface area contributed by atoms with Crippen molar-refractivity contribution in [3.05, 3.63) is 53.6 Å². The number of rotatable bonds is 4. The zero-order valence-corrected chi connectivity index (χ0v) is 18.3. The highest BCUT2D eigenvalue weighted by atomic mass is 32.2. The number of likely N-dealkylation sites (tertiary alicyclic amines) is 1. The standard InChI is InChI=1S/C19H20FN5O3S.C2H6/c20-14-10-22-8-7-13(14)19(26)25-9-2-1-4-12(25)11-28-16-6-3-5-15-17(16)18(21)24-29(27)23-15;1-2/h3,5-8,10,12,23H,1-2,4,9,11H2,(H2,21,24);1-2H3. The zero-order valence-electron chi connectivity index (χ0n) is 17.5. The van der Waals surface area contributed by atoms with Crippen molar-refractivity contribution in [2.75, 3.05) is 17.9 Å². The van der Waals surface area contributed by atoms with Gasteiger partial charge in [0.25, 0.3) is 5.91 Å². The fourth-order valence-electron chi connectivity index (χ4n) is 3.58. The van der Waals surface area contributed by atoms with Gasteiger partial charge in [0.15, 0.2) is 5.82 Å². The lowest BCUT2D eigenvalue weighted by Gasteiger charge is -2.36. The van der Waals surface area contributed by atoms with E-state index in [9.17, 15) is 13.4 Å². The Hall–Kier alpha value is -3.01. The largest absolute Gasteiger partial charge is 0.491 e. The van der Waals surface area contributed by atoms with E-state index < -0.39 is 17.0 Å². The minimum absolute atomic E-state index is 0.00653. The van der Waals surface area contributed by atoms with Gasteiger partial charge in [-0.15, -0.1) is 0 Å². The van der Waals surface area contributed by atoms with Crippen molar-refractivity contribution in [2.24, 2.45) is 10.1 Å². The van der Waals surface area contributed by atoms with Gasteiger partial charge in [-0.3, -0.25) is 14.5 Å². The summed E-state index contributed by atoms with van der Waals surface area (Å²) in [5, 5.41) is 0. The van der Waals surface area contributed by atoms with Crippen LogP contribution in [-0.4, -0.2) is 45.0 Å². The highest BCUT2D eigenvalue weighted by Crippen LogP contribution is 2.30. The second-order valence-corrected chi connectivity index (χ2v) is 7.71. The number of aromatic nitrogens is 1. The first-order chi connectivity index (χ1) is 15.0. The van der Waals surface area contributed by atoms with Gasteiger partial charge in [0.2, 0.25) is 11.2 Å². The summed E-state index contributed by atoms with van der Waals surface area (Å²) >= 11 is -1.62. The van der Waals surface area contributed by atoms with Crippen molar-refractivity contribution in [1.82, 2.24) is 9.88 Å². The molecule has 1 amide bonds. The molecule has 0 saturated carbocycles. The van der Waals surface area contributed by atoms with Crippen molar-refractivity contribution in [1.29, 1.82) is 0 Å². The summed E-state index contributed by atoms with van der Waals surface area (Å²) in [5.74, 6) is -0.390. The molecule has 3 N–H and O–H groups in total. The van der Waals surface area contributed by atoms with Crippen LogP contribution in [0.15, 0.2) is 41.1 Å². The average Bonchev–Trinajstić information content (AvgIpc) is 2.78. The van der Waals surface area contributed by atoms with E-state index in [2.05, 4.69) is 14.1 Å². The number of amidine groups is 1. The summed E-state index contributed by atoms with van der Waals surface area (Å²) in [6.45, 7) is 4.76. The maximum absolute atomic E-state index is 14.0. The third-order valence-electron chi connectivity index (χ3n) is 4.98. The van der Waals surface area contributed by atoms with E-state index in [1.54, 1.807) is 23.1 Å². The molecule has 2 aromatic rings. The lowest BCUT2D eigenvalue weighted by molar-refractivity contribution is 0.0523. The van der Waals surface area contributed by atoms with Crippen molar-refractivity contribution in [2.45, 2.75) is 39.2 Å². The van der Waals surface area contributed by atoms with Gasteiger partial charge in [-0.25, -0.2) is 8.60 Å². The molecule has 31 heavy (non-hydrogen) atoms. The number of nitrogens with one attached hydrogen (secondary N) is 1. The molecule has 1 saturated heterocycles. The number of pyridine rings is 1. The number of piperidine rings is 1. The third kappa shape index (κ3) is 5.01. The van der Waals surface area contributed by atoms with Crippen LogP contribution in [0.25, 0.3) is 0 Å². The lowest BCUT2D eigenvalue weighted by atomic mass is 10.0. The summed E-state index contributed by atoms with van der Waals surface area (Å²) in [6, 6.07) is 6.43. The Kier molecular flexibility index (Phi) is 7.56. The second-order valence-electron chi connectivity index (χ2n) is 6.82. The topological polar surface area (TPSA) is 110 Å². The van der Waals surface area contributed by atoms with Gasteiger partial charge in [0.05, 0.1) is 29.1 Å². The van der Waals surface area contributed by atoms with Gasteiger partial charge >= 0.3 is 0 Å². The molecule has 0 radical (unpaired) electrons. The van der Waals surface area contributed by atoms with E-state index >= 15 is 0 Å². The number of carbonyl (C=O) groups excluding carboxylic acids is 1. The summed E-state index contributed by atoms with van der Waals surface area (Å²) in [4.78, 5) is 18.2. The fourth-order valence-corrected chi connectivity index (χ4v) is 4.26. The predicted octanol–water partition coefficient (Wildman–Crippen LogP) is 3.03. The van der Waals surface area contributed by atoms with E-state index in [1.807, 2.05) is 13.8 Å². The van der Waals surface area contributed by atoms with E-state index in [0.717, 1.165) is 25.5 Å². The maximum Gasteiger partial charge on any atom is 0.257 e. The number of hydrogen-bond donors (Lipinski definition) is 2. The SMILES string of the molecule is CC.NC1=NS(=O)Nc2cccc(OCC3CCCCN3C(=O)c3ccncc3F)c21. The quantitative estimate of drug-likeness (QED) is 0.749. The van der Waals surface area contributed by atoms with Crippen LogP contribution in [0.3, 0.4) is 0 Å². The van der Waals surface area contributed by atoms with Crippen LogP contribution in [0.5, 0.6) is 5.75 Å². The molecule has 3 heterocycles. The Bertz CT molecular complexity index is 1000. The van der Waals surface area contributed by atoms with Gasteiger partial charge < -0.3 is 15.4 Å². The van der Waals surface area contributed by atoms with Crippen LogP contribution in [0.1, 0.15) is 49.0 Å². The molecule has 2 unspecified atom stereocenters. The zero-order chi connectivity index (χ0) is 22.4. The molecule has 2 atom stereocenters. The number of benzene rings is 1. The Labute approximate surface area is 183 Å². The molecule has 1 fully saturated rings. The van der Waals surface area contributed by atoms with Crippen LogP contribution in [0.4, 0.5) is 10.1 Å². The minimum atomic E-state index is -1.62. The smallest absolute Gasteiger partial charge is 0.257 e. The van der Waals surface area contributed by atoms with E-state index in [0.29, 0.717) is 23.5 Å². The van der Waals surface area contributed by atoms with Gasteiger partial charge in [0.1, 0.15) is 18.2 Å². The van der Waals surface area contributed by atoms with Crippen molar-refractivity contribution < 1.29 is 18.1 Å². The Balaban J connectivity index is 0.00000132. The molecular weight excluding hydrogens is 421 g/mol. The van der Waals surface area contributed by atoms with Crippen LogP contribution < -0.4 is 15.2 Å². The number of ether oxygens (including phenoxy) is 1. The first kappa shape index (κ1) is 22.7. The van der Waals surface area contributed by atoms with Gasteiger partial charge in [-0.2, -0.15) is 4.40 Å². The minimum Gasteiger partial charge on any atom is -0.491 e. The second kappa shape index (κ2) is 10.3. The molecule has 0 bridgehead atoms. The number of anilines is 1. The molecular formula is C21H26FN5O3S. The van der Waals surface area contributed by atoms with Crippen LogP contribution >= 0.6 is 0 Å². The van der Waals surface area contributed by atoms with Gasteiger partial charge in [-0.05, 0) is 37.5 Å². The van der Waals surface area contributed by atoms with E-state index in [-0.39, 0.29) is 30.0 Å². The molecule has 2 aliphatic heterocycles. The van der Waals surface area contributed by atoms with E-state index in [1.165, 1.54) is 12.3 Å². The molecule has 0 aliphatic carbocycles. The average molecular weight is 448 g/mol. The number of halogens is 1. The number of carbonyl (C=O) groups is 1. The summed E-state index contributed by atoms with van der Waals surface area (Å²) < 4.78 is 38.2. The summed E-state index contributed by atoms with van der Waals surface area (Å²) in [6.07, 6.45) is 5.00. The number of fused-ring (bicyclic) bond motifs is 1. The third-order valence-corrected chi connectivity index (χ3v) is 5.74. The molecule has 166 valence electrons. The maximum atomic E-state index is 14.0. The molecule has 8 nitrogen and oxygen atoms in total. The first-order valence-electron chi connectivity index (χ1n) is 10.2. The monoisotopic (exact) mass is 447 g/mol. The number of nitrogens with zero attached hydrogens (tertiary/aromatic N) is 3. The number of hydrogen-bond acceptors (Lipinski definition) is 5. The van der Waals surface area contributed by atoms with Gasteiger partial charge in [-0.1, -0.05) is 19.9 Å². The normalized spacial score (nSPS) is 19.8. The van der Waals surface area contributed by atoms with Crippen molar-refractivity contribution >= 4 is 28.6 Å². The predicted molar refractivity (Wildman–Crippen MR) is 119 cm³/mol. The Morgan fingerprint density at radius 3 is 2.94 bits per heavy atom. The molecule has 2 aliphatic rings. The highest BCUT2D eigenvalue weighted by molar-refractivity contribution is 7.85. The number of nitrogens with two attached hydrogens (primary N) is 1.